The molecule has 0 fully saturated rings. The van der Waals surface area contributed by atoms with Crippen LogP contribution in [-0.4, -0.2) is 0 Å². The smallest absolute Gasteiger partial charge is 0.137 e. The summed E-state index contributed by atoms with van der Waals surface area (Å²) in [5.74, 6) is -0.341. The van der Waals surface area contributed by atoms with Crippen molar-refractivity contribution in [3.63, 3.8) is 0 Å². The lowest BCUT2D eigenvalue weighted by atomic mass is 10.1. The number of hydrogen-bond acceptors (Lipinski definition) is 1. The minimum atomic E-state index is -0.341. The molecule has 0 unspecified atom stereocenters. The van der Waals surface area contributed by atoms with E-state index in [1.807, 2.05) is 0 Å². The normalized spacial score (nSPS) is 13.1. The third kappa shape index (κ3) is 1.97. The van der Waals surface area contributed by atoms with Gasteiger partial charge in [-0.2, -0.15) is 0 Å². The third-order valence-corrected chi connectivity index (χ3v) is 2.47. The lowest BCUT2D eigenvalue weighted by Gasteiger charge is -2.08. The van der Waals surface area contributed by atoms with Gasteiger partial charge in [0, 0.05) is 11.1 Å². The van der Waals surface area contributed by atoms with E-state index >= 15 is 0 Å². The van der Waals surface area contributed by atoms with Gasteiger partial charge in [-0.3, -0.25) is 0 Å². The minimum absolute atomic E-state index is 0.250. The Balaban J connectivity index is 3.23. The molecule has 1 atom stereocenters. The predicted octanol–water partition coefficient (Wildman–Crippen LogP) is 3.26. The van der Waals surface area contributed by atoms with Crippen LogP contribution in [0.25, 0.3) is 0 Å². The van der Waals surface area contributed by atoms with Crippen LogP contribution in [0.5, 0.6) is 0 Å². The highest BCUT2D eigenvalue weighted by atomic mass is 79.9. The van der Waals surface area contributed by atoms with Gasteiger partial charge >= 0.3 is 0 Å². The Hall–Kier alpha value is -0.120. The van der Waals surface area contributed by atoms with E-state index < -0.39 is 0 Å². The van der Waals surface area contributed by atoms with Crippen molar-refractivity contribution in [2.24, 2.45) is 5.73 Å². The van der Waals surface area contributed by atoms with Gasteiger partial charge in [-0.1, -0.05) is 11.6 Å². The molecule has 0 saturated heterocycles. The highest BCUT2D eigenvalue weighted by Crippen LogP contribution is 2.27. The second kappa shape index (κ2) is 3.73. The molecule has 4 heteroatoms. The maximum absolute atomic E-state index is 13.0. The molecule has 0 heterocycles. The molecule has 0 amide bonds. The van der Waals surface area contributed by atoms with E-state index in [4.69, 9.17) is 17.3 Å². The van der Waals surface area contributed by atoms with E-state index in [2.05, 4.69) is 15.9 Å². The second-order valence-corrected chi connectivity index (χ2v) is 3.84. The van der Waals surface area contributed by atoms with Gasteiger partial charge in [-0.25, -0.2) is 4.39 Å². The molecule has 0 radical (unpaired) electrons. The Morgan fingerprint density at radius 2 is 2.17 bits per heavy atom. The Kier molecular flexibility index (Phi) is 3.09. The summed E-state index contributed by atoms with van der Waals surface area (Å²) in [5, 5.41) is 0.485. The first-order chi connectivity index (χ1) is 5.52. The Labute approximate surface area is 83.8 Å². The largest absolute Gasteiger partial charge is 0.324 e. The number of benzene rings is 1. The molecule has 0 aliphatic carbocycles. The molecule has 1 aromatic rings. The molecule has 2 N–H and O–H groups in total. The summed E-state index contributed by atoms with van der Waals surface area (Å²) in [7, 11) is 0. The van der Waals surface area contributed by atoms with Gasteiger partial charge in [0.25, 0.3) is 0 Å². The summed E-state index contributed by atoms with van der Waals surface area (Å²) in [4.78, 5) is 0. The van der Waals surface area contributed by atoms with Crippen molar-refractivity contribution in [1.29, 1.82) is 0 Å². The molecule has 0 saturated carbocycles. The van der Waals surface area contributed by atoms with Crippen LogP contribution in [0.3, 0.4) is 0 Å². The van der Waals surface area contributed by atoms with Crippen LogP contribution in [0.1, 0.15) is 18.5 Å². The van der Waals surface area contributed by atoms with Crippen LogP contribution in [0.4, 0.5) is 4.39 Å². The minimum Gasteiger partial charge on any atom is -0.324 e. The number of hydrogen-bond donors (Lipinski definition) is 1. The van der Waals surface area contributed by atoms with E-state index in [0.29, 0.717) is 15.1 Å². The molecule has 66 valence electrons. The Morgan fingerprint density at radius 3 is 2.67 bits per heavy atom. The van der Waals surface area contributed by atoms with Gasteiger partial charge in [0.05, 0.1) is 4.47 Å². The molecule has 1 aromatic carbocycles. The van der Waals surface area contributed by atoms with Crippen LogP contribution in [0, 0.1) is 5.82 Å². The van der Waals surface area contributed by atoms with Crippen molar-refractivity contribution in [3.8, 4) is 0 Å². The topological polar surface area (TPSA) is 26.0 Å². The molecule has 0 spiro atoms. The molecule has 0 aromatic heterocycles. The summed E-state index contributed by atoms with van der Waals surface area (Å²) in [6, 6.07) is 2.60. The first-order valence-electron chi connectivity index (χ1n) is 3.42. The maximum Gasteiger partial charge on any atom is 0.137 e. The predicted molar refractivity (Wildman–Crippen MR) is 51.7 cm³/mol. The van der Waals surface area contributed by atoms with E-state index in [1.165, 1.54) is 12.1 Å². The van der Waals surface area contributed by atoms with E-state index in [9.17, 15) is 4.39 Å². The van der Waals surface area contributed by atoms with Crippen molar-refractivity contribution >= 4 is 27.5 Å². The Bertz CT molecular complexity index is 301. The number of halogens is 3. The van der Waals surface area contributed by atoms with Crippen molar-refractivity contribution in [2.45, 2.75) is 13.0 Å². The van der Waals surface area contributed by atoms with Crippen LogP contribution < -0.4 is 5.73 Å². The summed E-state index contributed by atoms with van der Waals surface area (Å²) in [6.07, 6.45) is 0. The van der Waals surface area contributed by atoms with Gasteiger partial charge in [-0.05, 0) is 40.5 Å². The van der Waals surface area contributed by atoms with Gasteiger partial charge in [0.15, 0.2) is 0 Å². The highest BCUT2D eigenvalue weighted by molar-refractivity contribution is 9.10. The zero-order valence-corrected chi connectivity index (χ0v) is 8.79. The van der Waals surface area contributed by atoms with Crippen LogP contribution in [0.15, 0.2) is 16.6 Å². The number of rotatable bonds is 1. The van der Waals surface area contributed by atoms with Crippen LogP contribution >= 0.6 is 27.5 Å². The van der Waals surface area contributed by atoms with Crippen LogP contribution in [0.2, 0.25) is 5.02 Å². The van der Waals surface area contributed by atoms with Gasteiger partial charge < -0.3 is 5.73 Å². The standard InChI is InChI=1S/C8H8BrClFN/c1-4(12)5-2-8(11)6(9)3-7(5)10/h2-4H,12H2,1H3/t4-/m0/s1. The fraction of sp³-hybridized carbons (Fsp3) is 0.250. The SMILES string of the molecule is C[C@H](N)c1cc(F)c(Br)cc1Cl. The molecule has 0 aliphatic rings. The Morgan fingerprint density at radius 1 is 1.58 bits per heavy atom. The zero-order valence-electron chi connectivity index (χ0n) is 6.44. The van der Waals surface area contributed by atoms with Crippen molar-refractivity contribution < 1.29 is 4.39 Å². The van der Waals surface area contributed by atoms with Crippen molar-refractivity contribution in [3.05, 3.63) is 33.0 Å². The lowest BCUT2D eigenvalue weighted by molar-refractivity contribution is 0.615. The fourth-order valence-electron chi connectivity index (χ4n) is 0.887. The van der Waals surface area contributed by atoms with Crippen molar-refractivity contribution in [1.82, 2.24) is 0 Å². The van der Waals surface area contributed by atoms with E-state index in [0.717, 1.165) is 0 Å². The summed E-state index contributed by atoms with van der Waals surface area (Å²) in [5.41, 5.74) is 6.19. The van der Waals surface area contributed by atoms with E-state index in [1.54, 1.807) is 6.92 Å². The molecule has 0 bridgehead atoms. The molecular formula is C8H8BrClFN. The van der Waals surface area contributed by atoms with Crippen LogP contribution in [-0.2, 0) is 0 Å². The van der Waals surface area contributed by atoms with Gasteiger partial charge in [-0.15, -0.1) is 0 Å². The zero-order chi connectivity index (χ0) is 9.30. The second-order valence-electron chi connectivity index (χ2n) is 2.58. The summed E-state index contributed by atoms with van der Waals surface area (Å²) >= 11 is 8.85. The summed E-state index contributed by atoms with van der Waals surface area (Å²) < 4.78 is 13.3. The molecule has 12 heavy (non-hydrogen) atoms. The van der Waals surface area contributed by atoms with Gasteiger partial charge in [0.1, 0.15) is 5.82 Å². The monoisotopic (exact) mass is 251 g/mol. The quantitative estimate of drug-likeness (QED) is 0.763. The molecule has 1 nitrogen and oxygen atoms in total. The molecular weight excluding hydrogens is 244 g/mol. The summed E-state index contributed by atoms with van der Waals surface area (Å²) in [6.45, 7) is 1.76. The molecule has 0 aliphatic heterocycles. The van der Waals surface area contributed by atoms with Gasteiger partial charge in [0.2, 0.25) is 0 Å². The number of nitrogens with two attached hydrogens (primary N) is 1. The lowest BCUT2D eigenvalue weighted by Crippen LogP contribution is -2.06. The highest BCUT2D eigenvalue weighted by Gasteiger charge is 2.09. The first-order valence-corrected chi connectivity index (χ1v) is 4.59. The fourth-order valence-corrected chi connectivity index (χ4v) is 1.70. The molecule has 1 rings (SSSR count). The average molecular weight is 253 g/mol. The average Bonchev–Trinajstić information content (AvgIpc) is 1.96. The maximum atomic E-state index is 13.0. The van der Waals surface area contributed by atoms with E-state index in [-0.39, 0.29) is 11.9 Å². The third-order valence-electron chi connectivity index (χ3n) is 1.53. The first kappa shape index (κ1) is 9.96. The van der Waals surface area contributed by atoms with Crippen molar-refractivity contribution in [2.75, 3.05) is 0 Å².